The molecule has 3 rings (SSSR count). The number of anilines is 1. The van der Waals surface area contributed by atoms with Gasteiger partial charge in [-0.3, -0.25) is 4.79 Å². The van der Waals surface area contributed by atoms with Gasteiger partial charge in [0.05, 0.1) is 22.6 Å². The molecule has 2 aromatic carbocycles. The minimum Gasteiger partial charge on any atom is -0.325 e. The Morgan fingerprint density at radius 2 is 2.07 bits per heavy atom. The van der Waals surface area contributed by atoms with Crippen LogP contribution in [0.2, 0.25) is 0 Å². The highest BCUT2D eigenvalue weighted by Gasteiger charge is 2.20. The molecule has 1 amide bonds. The number of hydrogen-bond donors (Lipinski definition) is 1. The lowest BCUT2D eigenvalue weighted by Gasteiger charge is -2.13. The molecule has 0 fully saturated rings. The van der Waals surface area contributed by atoms with Crippen LogP contribution in [0.5, 0.6) is 0 Å². The van der Waals surface area contributed by atoms with Gasteiger partial charge < -0.3 is 5.32 Å². The van der Waals surface area contributed by atoms with Gasteiger partial charge >= 0.3 is 0 Å². The van der Waals surface area contributed by atoms with Crippen LogP contribution in [0.4, 0.5) is 5.69 Å². The number of amides is 1. The van der Waals surface area contributed by atoms with E-state index < -0.39 is 5.25 Å². The van der Waals surface area contributed by atoms with Crippen LogP contribution >= 0.6 is 11.8 Å². The number of benzene rings is 2. The van der Waals surface area contributed by atoms with Crippen LogP contribution in [0.15, 0.2) is 47.6 Å². The van der Waals surface area contributed by atoms with Gasteiger partial charge in [0, 0.05) is 5.69 Å². The molecule has 0 unspecified atom stereocenters. The van der Waals surface area contributed by atoms with E-state index in [0.29, 0.717) is 16.4 Å². The molecule has 0 radical (unpaired) electrons. The Hall–Kier alpha value is -3.18. The molecule has 7 nitrogen and oxygen atoms in total. The first-order chi connectivity index (χ1) is 13.0. The Bertz CT molecular complexity index is 1020. The molecule has 0 saturated carbocycles. The van der Waals surface area contributed by atoms with Gasteiger partial charge in [-0.25, -0.2) is 0 Å². The predicted octanol–water partition coefficient (Wildman–Crippen LogP) is 3.27. The van der Waals surface area contributed by atoms with Crippen LogP contribution in [0.1, 0.15) is 23.6 Å². The average molecular weight is 378 g/mol. The number of rotatable bonds is 5. The monoisotopic (exact) mass is 378 g/mol. The van der Waals surface area contributed by atoms with Crippen LogP contribution in [0.25, 0.3) is 5.69 Å². The fourth-order valence-electron chi connectivity index (χ4n) is 2.47. The smallest absolute Gasteiger partial charge is 0.237 e. The SMILES string of the molecule is Cc1ccc(C)c(-n2nnnc2S[C@H](C)C(=O)Nc2cccc(C#N)c2)c1. The van der Waals surface area contributed by atoms with E-state index in [9.17, 15) is 4.79 Å². The third-order valence-corrected chi connectivity index (χ3v) is 4.98. The number of hydrogen-bond acceptors (Lipinski definition) is 6. The molecule has 27 heavy (non-hydrogen) atoms. The standard InChI is InChI=1S/C19H18N6OS/c1-12-7-8-13(2)17(9-12)25-19(22-23-24-25)27-14(3)18(26)21-16-6-4-5-15(10-16)11-20/h4-10,14H,1-3H3,(H,21,26)/t14-/m1/s1. The van der Waals surface area contributed by atoms with Gasteiger partial charge in [-0.1, -0.05) is 30.0 Å². The number of nitrogens with zero attached hydrogens (tertiary/aromatic N) is 5. The largest absolute Gasteiger partial charge is 0.325 e. The van der Waals surface area contributed by atoms with E-state index >= 15 is 0 Å². The third kappa shape index (κ3) is 4.33. The van der Waals surface area contributed by atoms with Gasteiger partial charge in [0.15, 0.2) is 0 Å². The quantitative estimate of drug-likeness (QED) is 0.685. The van der Waals surface area contributed by atoms with Crippen molar-refractivity contribution >= 4 is 23.4 Å². The predicted molar refractivity (Wildman–Crippen MR) is 104 cm³/mol. The highest BCUT2D eigenvalue weighted by molar-refractivity contribution is 8.00. The first-order valence-corrected chi connectivity index (χ1v) is 9.19. The molecule has 1 aromatic heterocycles. The van der Waals surface area contributed by atoms with Crippen molar-refractivity contribution in [2.45, 2.75) is 31.2 Å². The molecule has 1 atom stereocenters. The summed E-state index contributed by atoms with van der Waals surface area (Å²) in [6.07, 6.45) is 0. The summed E-state index contributed by atoms with van der Waals surface area (Å²) in [4.78, 5) is 12.5. The van der Waals surface area contributed by atoms with Crippen molar-refractivity contribution in [3.05, 3.63) is 59.2 Å². The average Bonchev–Trinajstić information content (AvgIpc) is 3.11. The molecule has 1 N–H and O–H groups in total. The minimum absolute atomic E-state index is 0.189. The van der Waals surface area contributed by atoms with Crippen LogP contribution in [-0.2, 0) is 4.79 Å². The van der Waals surface area contributed by atoms with Crippen LogP contribution in [0, 0.1) is 25.2 Å². The molecule has 0 aliphatic rings. The topological polar surface area (TPSA) is 96.5 Å². The second-order valence-electron chi connectivity index (χ2n) is 6.11. The van der Waals surface area contributed by atoms with Crippen molar-refractivity contribution in [3.8, 4) is 11.8 Å². The number of tetrazole rings is 1. The molecule has 0 bridgehead atoms. The molecule has 1 heterocycles. The number of nitriles is 1. The number of carbonyl (C=O) groups is 1. The van der Waals surface area contributed by atoms with E-state index in [0.717, 1.165) is 16.8 Å². The second kappa shape index (κ2) is 8.01. The van der Waals surface area contributed by atoms with Gasteiger partial charge in [0.2, 0.25) is 11.1 Å². The first kappa shape index (κ1) is 18.6. The van der Waals surface area contributed by atoms with Gasteiger partial charge in [0.25, 0.3) is 0 Å². The lowest BCUT2D eigenvalue weighted by molar-refractivity contribution is -0.115. The van der Waals surface area contributed by atoms with Crippen LogP contribution in [-0.4, -0.2) is 31.4 Å². The summed E-state index contributed by atoms with van der Waals surface area (Å²) in [5, 5.41) is 23.8. The molecule has 8 heteroatoms. The Labute approximate surface area is 161 Å². The van der Waals surface area contributed by atoms with E-state index in [1.807, 2.05) is 32.0 Å². The number of nitrogens with one attached hydrogen (secondary N) is 1. The number of thioether (sulfide) groups is 1. The molecule has 0 saturated heterocycles. The molecule has 0 aliphatic carbocycles. The summed E-state index contributed by atoms with van der Waals surface area (Å²) in [6, 6.07) is 14.9. The normalized spacial score (nSPS) is 11.6. The number of aryl methyl sites for hydroxylation is 2. The second-order valence-corrected chi connectivity index (χ2v) is 7.41. The first-order valence-electron chi connectivity index (χ1n) is 8.31. The molecule has 136 valence electrons. The van der Waals surface area contributed by atoms with Gasteiger partial charge in [0.1, 0.15) is 0 Å². The van der Waals surface area contributed by atoms with Gasteiger partial charge in [-0.05, 0) is 66.6 Å². The maximum absolute atomic E-state index is 12.5. The van der Waals surface area contributed by atoms with Crippen molar-refractivity contribution in [1.29, 1.82) is 5.26 Å². The van der Waals surface area contributed by atoms with Crippen molar-refractivity contribution in [2.24, 2.45) is 0 Å². The highest BCUT2D eigenvalue weighted by atomic mass is 32.2. The Balaban J connectivity index is 1.76. The Morgan fingerprint density at radius 1 is 1.26 bits per heavy atom. The zero-order valence-corrected chi connectivity index (χ0v) is 16.0. The third-order valence-electron chi connectivity index (χ3n) is 3.94. The van der Waals surface area contributed by atoms with Crippen molar-refractivity contribution < 1.29 is 4.79 Å². The number of aromatic nitrogens is 4. The van der Waals surface area contributed by atoms with E-state index in [1.54, 1.807) is 35.9 Å². The van der Waals surface area contributed by atoms with E-state index in [1.165, 1.54) is 11.8 Å². The minimum atomic E-state index is -0.425. The van der Waals surface area contributed by atoms with Crippen LogP contribution < -0.4 is 5.32 Å². The summed E-state index contributed by atoms with van der Waals surface area (Å²) in [7, 11) is 0. The summed E-state index contributed by atoms with van der Waals surface area (Å²) < 4.78 is 1.65. The number of carbonyl (C=O) groups excluding carboxylic acids is 1. The van der Waals surface area contributed by atoms with E-state index in [4.69, 9.17) is 5.26 Å². The lowest BCUT2D eigenvalue weighted by Crippen LogP contribution is -2.23. The maximum atomic E-state index is 12.5. The Kier molecular flexibility index (Phi) is 5.52. The Morgan fingerprint density at radius 3 is 2.85 bits per heavy atom. The fourth-order valence-corrected chi connectivity index (χ4v) is 3.27. The molecule has 0 aliphatic heterocycles. The molecular formula is C19H18N6OS. The van der Waals surface area contributed by atoms with Crippen molar-refractivity contribution in [1.82, 2.24) is 20.2 Å². The van der Waals surface area contributed by atoms with Crippen molar-refractivity contribution in [3.63, 3.8) is 0 Å². The summed E-state index contributed by atoms with van der Waals surface area (Å²) in [6.45, 7) is 5.78. The van der Waals surface area contributed by atoms with E-state index in [2.05, 4.69) is 26.9 Å². The molecule has 0 spiro atoms. The molecule has 3 aromatic rings. The zero-order chi connectivity index (χ0) is 19.4. The van der Waals surface area contributed by atoms with E-state index in [-0.39, 0.29) is 5.91 Å². The summed E-state index contributed by atoms with van der Waals surface area (Å²) >= 11 is 1.27. The van der Waals surface area contributed by atoms with Gasteiger partial charge in [-0.2, -0.15) is 9.94 Å². The van der Waals surface area contributed by atoms with Crippen LogP contribution in [0.3, 0.4) is 0 Å². The van der Waals surface area contributed by atoms with Crippen molar-refractivity contribution in [2.75, 3.05) is 5.32 Å². The maximum Gasteiger partial charge on any atom is 0.237 e. The fraction of sp³-hybridized carbons (Fsp3) is 0.211. The summed E-state index contributed by atoms with van der Waals surface area (Å²) in [5.74, 6) is -0.189. The molecular weight excluding hydrogens is 360 g/mol. The zero-order valence-electron chi connectivity index (χ0n) is 15.2. The van der Waals surface area contributed by atoms with Gasteiger partial charge in [-0.15, -0.1) is 5.10 Å². The lowest BCUT2D eigenvalue weighted by atomic mass is 10.1. The highest BCUT2D eigenvalue weighted by Crippen LogP contribution is 2.25. The summed E-state index contributed by atoms with van der Waals surface area (Å²) in [5.41, 5.74) is 4.11.